The van der Waals surface area contributed by atoms with Crippen molar-refractivity contribution in [3.05, 3.63) is 29.8 Å². The summed E-state index contributed by atoms with van der Waals surface area (Å²) in [6, 6.07) is 7.61. The lowest BCUT2D eigenvalue weighted by Crippen LogP contribution is -2.24. The standard InChI is InChI=1S/C14H18O2S2/c1-2-7-16-12-6-4-3-5-11(12)14(15)13-10-17-8-9-18-13/h3-6,13H,2,7-10H2,1H3. The van der Waals surface area contributed by atoms with Crippen molar-refractivity contribution in [3.63, 3.8) is 0 Å². The zero-order valence-corrected chi connectivity index (χ0v) is 12.2. The molecule has 1 unspecified atom stereocenters. The van der Waals surface area contributed by atoms with Crippen LogP contribution >= 0.6 is 23.5 Å². The lowest BCUT2D eigenvalue weighted by Gasteiger charge is -2.20. The minimum atomic E-state index is 0.0927. The van der Waals surface area contributed by atoms with Gasteiger partial charge in [0.15, 0.2) is 5.78 Å². The Balaban J connectivity index is 2.12. The van der Waals surface area contributed by atoms with Gasteiger partial charge in [-0.1, -0.05) is 19.1 Å². The van der Waals surface area contributed by atoms with E-state index in [-0.39, 0.29) is 11.0 Å². The summed E-state index contributed by atoms with van der Waals surface area (Å²) in [6.07, 6.45) is 0.955. The van der Waals surface area contributed by atoms with Crippen LogP contribution in [-0.4, -0.2) is 34.9 Å². The predicted octanol–water partition coefficient (Wildman–Crippen LogP) is 3.51. The molecule has 2 nitrogen and oxygen atoms in total. The summed E-state index contributed by atoms with van der Waals surface area (Å²) in [5, 5.41) is 0.0927. The largest absolute Gasteiger partial charge is 0.493 e. The van der Waals surface area contributed by atoms with Crippen LogP contribution in [0, 0.1) is 0 Å². The third-order valence-corrected chi connectivity index (χ3v) is 5.48. The fourth-order valence-corrected chi connectivity index (χ4v) is 4.45. The van der Waals surface area contributed by atoms with Crippen molar-refractivity contribution >= 4 is 29.3 Å². The summed E-state index contributed by atoms with van der Waals surface area (Å²) in [5.74, 6) is 4.10. The van der Waals surface area contributed by atoms with Crippen molar-refractivity contribution in [1.29, 1.82) is 0 Å². The molecule has 1 atom stereocenters. The zero-order valence-electron chi connectivity index (χ0n) is 10.6. The number of para-hydroxylation sites is 1. The first-order valence-electron chi connectivity index (χ1n) is 6.28. The minimum absolute atomic E-state index is 0.0927. The Labute approximate surface area is 117 Å². The van der Waals surface area contributed by atoms with Gasteiger partial charge in [0.05, 0.1) is 17.4 Å². The van der Waals surface area contributed by atoms with Crippen LogP contribution in [0.5, 0.6) is 5.75 Å². The number of rotatable bonds is 5. The number of carbonyl (C=O) groups is 1. The summed E-state index contributed by atoms with van der Waals surface area (Å²) < 4.78 is 5.66. The molecule has 18 heavy (non-hydrogen) atoms. The number of hydrogen-bond donors (Lipinski definition) is 0. The predicted molar refractivity (Wildman–Crippen MR) is 80.1 cm³/mol. The Morgan fingerprint density at radius 1 is 1.39 bits per heavy atom. The molecule has 0 radical (unpaired) electrons. The van der Waals surface area contributed by atoms with E-state index in [1.54, 1.807) is 11.8 Å². The van der Waals surface area contributed by atoms with E-state index < -0.39 is 0 Å². The van der Waals surface area contributed by atoms with Crippen molar-refractivity contribution in [2.45, 2.75) is 18.6 Å². The Morgan fingerprint density at radius 2 is 2.22 bits per heavy atom. The second-order valence-electron chi connectivity index (χ2n) is 4.14. The van der Waals surface area contributed by atoms with E-state index >= 15 is 0 Å². The average molecular weight is 282 g/mol. The van der Waals surface area contributed by atoms with Crippen LogP contribution in [0.1, 0.15) is 23.7 Å². The lowest BCUT2D eigenvalue weighted by molar-refractivity contribution is 0.0991. The van der Waals surface area contributed by atoms with Crippen LogP contribution < -0.4 is 4.74 Å². The number of ether oxygens (including phenoxy) is 1. The SMILES string of the molecule is CCCOc1ccccc1C(=O)C1CSCCS1. The van der Waals surface area contributed by atoms with Gasteiger partial charge < -0.3 is 4.74 Å². The maximum Gasteiger partial charge on any atom is 0.180 e. The van der Waals surface area contributed by atoms with E-state index in [1.165, 1.54) is 0 Å². The number of carbonyl (C=O) groups excluding carboxylic acids is 1. The lowest BCUT2D eigenvalue weighted by atomic mass is 10.1. The molecule has 1 aromatic rings. The molecule has 1 aromatic carbocycles. The van der Waals surface area contributed by atoms with Crippen molar-refractivity contribution in [2.24, 2.45) is 0 Å². The smallest absolute Gasteiger partial charge is 0.180 e. The van der Waals surface area contributed by atoms with Crippen molar-refractivity contribution < 1.29 is 9.53 Å². The van der Waals surface area contributed by atoms with Gasteiger partial charge in [0.1, 0.15) is 5.75 Å². The molecule has 0 N–H and O–H groups in total. The normalized spacial score (nSPS) is 19.5. The van der Waals surface area contributed by atoms with Gasteiger partial charge in [0.2, 0.25) is 0 Å². The van der Waals surface area contributed by atoms with Crippen LogP contribution in [-0.2, 0) is 0 Å². The van der Waals surface area contributed by atoms with E-state index in [1.807, 2.05) is 36.0 Å². The summed E-state index contributed by atoms with van der Waals surface area (Å²) in [5.41, 5.74) is 0.742. The topological polar surface area (TPSA) is 26.3 Å². The van der Waals surface area contributed by atoms with Gasteiger partial charge in [-0.25, -0.2) is 0 Å². The molecule has 0 saturated carbocycles. The Hall–Kier alpha value is -0.610. The Bertz CT molecular complexity index is 401. The molecule has 1 fully saturated rings. The monoisotopic (exact) mass is 282 g/mol. The second-order valence-corrected chi connectivity index (χ2v) is 6.60. The Morgan fingerprint density at radius 3 is 2.94 bits per heavy atom. The second kappa shape index (κ2) is 7.10. The minimum Gasteiger partial charge on any atom is -0.493 e. The van der Waals surface area contributed by atoms with Gasteiger partial charge in [-0.05, 0) is 18.6 Å². The molecule has 0 bridgehead atoms. The third kappa shape index (κ3) is 3.45. The molecule has 1 heterocycles. The van der Waals surface area contributed by atoms with Crippen LogP contribution in [0.25, 0.3) is 0 Å². The van der Waals surface area contributed by atoms with Crippen LogP contribution in [0.2, 0.25) is 0 Å². The van der Waals surface area contributed by atoms with Crippen LogP contribution in [0.4, 0.5) is 0 Å². The summed E-state index contributed by atoms with van der Waals surface area (Å²) >= 11 is 3.64. The van der Waals surface area contributed by atoms with Crippen LogP contribution in [0.15, 0.2) is 24.3 Å². The highest BCUT2D eigenvalue weighted by molar-refractivity contribution is 8.07. The highest BCUT2D eigenvalue weighted by Crippen LogP contribution is 2.29. The number of hydrogen-bond acceptors (Lipinski definition) is 4. The fraction of sp³-hybridized carbons (Fsp3) is 0.500. The highest BCUT2D eigenvalue weighted by Gasteiger charge is 2.25. The van der Waals surface area contributed by atoms with Crippen LogP contribution in [0.3, 0.4) is 0 Å². The number of benzene rings is 1. The molecular formula is C14H18O2S2. The van der Waals surface area contributed by atoms with Gasteiger partial charge in [-0.15, -0.1) is 11.8 Å². The van der Waals surface area contributed by atoms with E-state index in [2.05, 4.69) is 6.92 Å². The molecule has 1 aliphatic heterocycles. The summed E-state index contributed by atoms with van der Waals surface area (Å²) in [6.45, 7) is 2.73. The van der Waals surface area contributed by atoms with Gasteiger partial charge in [0, 0.05) is 17.3 Å². The fourth-order valence-electron chi connectivity index (χ4n) is 1.82. The van der Waals surface area contributed by atoms with Gasteiger partial charge in [0.25, 0.3) is 0 Å². The van der Waals surface area contributed by atoms with E-state index in [9.17, 15) is 4.79 Å². The molecule has 0 amide bonds. The average Bonchev–Trinajstić information content (AvgIpc) is 2.45. The van der Waals surface area contributed by atoms with Gasteiger partial charge >= 0.3 is 0 Å². The third-order valence-electron chi connectivity index (χ3n) is 2.72. The summed E-state index contributed by atoms with van der Waals surface area (Å²) in [7, 11) is 0. The zero-order chi connectivity index (χ0) is 12.8. The van der Waals surface area contributed by atoms with Crippen molar-refractivity contribution in [1.82, 2.24) is 0 Å². The molecule has 2 rings (SSSR count). The van der Waals surface area contributed by atoms with Gasteiger partial charge in [-0.2, -0.15) is 11.8 Å². The quantitative estimate of drug-likeness (QED) is 0.772. The van der Waals surface area contributed by atoms with Crippen molar-refractivity contribution in [3.8, 4) is 5.75 Å². The highest BCUT2D eigenvalue weighted by atomic mass is 32.2. The molecule has 1 saturated heterocycles. The first kappa shape index (κ1) is 13.8. The van der Waals surface area contributed by atoms with Gasteiger partial charge in [-0.3, -0.25) is 4.79 Å². The number of thioether (sulfide) groups is 2. The number of Topliss-reactive ketones (excluding diaryl/α,β-unsaturated/α-hetero) is 1. The molecule has 0 aliphatic carbocycles. The first-order valence-corrected chi connectivity index (χ1v) is 8.48. The van der Waals surface area contributed by atoms with E-state index in [0.717, 1.165) is 35.0 Å². The summed E-state index contributed by atoms with van der Waals surface area (Å²) in [4.78, 5) is 12.5. The molecule has 0 spiro atoms. The molecular weight excluding hydrogens is 264 g/mol. The molecule has 98 valence electrons. The molecule has 0 aromatic heterocycles. The first-order chi connectivity index (χ1) is 8.83. The van der Waals surface area contributed by atoms with E-state index in [4.69, 9.17) is 4.74 Å². The molecule has 1 aliphatic rings. The van der Waals surface area contributed by atoms with Crippen molar-refractivity contribution in [2.75, 3.05) is 23.9 Å². The maximum absolute atomic E-state index is 12.5. The Kier molecular flexibility index (Phi) is 5.45. The van der Waals surface area contributed by atoms with E-state index in [0.29, 0.717) is 6.61 Å². The number of ketones is 1. The maximum atomic E-state index is 12.5. The molecule has 4 heteroatoms.